The Labute approximate surface area is 144 Å². The molecule has 0 aliphatic carbocycles. The summed E-state index contributed by atoms with van der Waals surface area (Å²) in [5.41, 5.74) is 2.01. The molecule has 1 aromatic carbocycles. The van der Waals surface area contributed by atoms with E-state index in [4.69, 9.17) is 11.6 Å². The van der Waals surface area contributed by atoms with E-state index in [2.05, 4.69) is 23.3 Å². The summed E-state index contributed by atoms with van der Waals surface area (Å²) < 4.78 is 0.983. The van der Waals surface area contributed by atoms with Gasteiger partial charge in [0.05, 0.1) is 12.1 Å². The Morgan fingerprint density at radius 1 is 1.45 bits per heavy atom. The molecule has 1 N–H and O–H groups in total. The summed E-state index contributed by atoms with van der Waals surface area (Å²) in [6.45, 7) is 2.85. The van der Waals surface area contributed by atoms with Crippen molar-refractivity contribution in [1.82, 2.24) is 10.3 Å². The first kappa shape index (κ1) is 17.3. The Hall–Kier alpha value is -1.04. The summed E-state index contributed by atoms with van der Waals surface area (Å²) >= 11 is 9.22. The van der Waals surface area contributed by atoms with Crippen molar-refractivity contribution >= 4 is 40.6 Å². The van der Waals surface area contributed by atoms with Crippen LogP contribution in [0, 0.1) is 0 Å². The van der Waals surface area contributed by atoms with E-state index in [-0.39, 0.29) is 5.91 Å². The third-order valence-electron chi connectivity index (χ3n) is 2.98. The molecule has 6 heteroatoms. The number of thiazole rings is 1. The van der Waals surface area contributed by atoms with Crippen molar-refractivity contribution in [2.24, 2.45) is 0 Å². The van der Waals surface area contributed by atoms with Gasteiger partial charge in [0.25, 0.3) is 0 Å². The molecule has 0 aliphatic heterocycles. The first-order chi connectivity index (χ1) is 10.7. The number of nitrogens with zero attached hydrogens (tertiary/aromatic N) is 1. The highest BCUT2D eigenvalue weighted by Crippen LogP contribution is 2.27. The molecule has 22 heavy (non-hydrogen) atoms. The van der Waals surface area contributed by atoms with E-state index in [1.54, 1.807) is 23.1 Å². The first-order valence-corrected chi connectivity index (χ1v) is 9.50. The predicted molar refractivity (Wildman–Crippen MR) is 94.7 cm³/mol. The third kappa shape index (κ3) is 5.99. The molecule has 1 heterocycles. The quantitative estimate of drug-likeness (QED) is 0.558. The van der Waals surface area contributed by atoms with Crippen LogP contribution in [0.15, 0.2) is 34.0 Å². The molecular weight excluding hydrogens is 336 g/mol. The lowest BCUT2D eigenvalue weighted by Gasteiger charge is -2.02. The number of nitrogens with one attached hydrogen (secondary N) is 1. The van der Waals surface area contributed by atoms with Gasteiger partial charge in [-0.05, 0) is 24.1 Å². The zero-order chi connectivity index (χ0) is 15.8. The Bertz CT molecular complexity index is 616. The third-order valence-corrected chi connectivity index (χ3v) is 5.35. The van der Waals surface area contributed by atoms with Gasteiger partial charge in [0.1, 0.15) is 4.34 Å². The van der Waals surface area contributed by atoms with Crippen LogP contribution < -0.4 is 5.32 Å². The maximum atomic E-state index is 11.7. The topological polar surface area (TPSA) is 42.0 Å². The van der Waals surface area contributed by atoms with Crippen molar-refractivity contribution in [3.63, 3.8) is 0 Å². The van der Waals surface area contributed by atoms with Gasteiger partial charge in [-0.15, -0.1) is 11.3 Å². The van der Waals surface area contributed by atoms with E-state index in [1.165, 1.54) is 5.56 Å². The maximum absolute atomic E-state index is 11.7. The molecule has 118 valence electrons. The standard InChI is InChI=1S/C16H19ClN2OS2/c1-2-3-7-18-15(20)9-14-11-22-16(19-14)21-10-12-5-4-6-13(17)8-12/h4-6,8,11H,2-3,7,9-10H2,1H3,(H,18,20). The number of carbonyl (C=O) groups excluding carboxylic acids is 1. The lowest BCUT2D eigenvalue weighted by Crippen LogP contribution is -2.26. The van der Waals surface area contributed by atoms with Crippen molar-refractivity contribution in [2.45, 2.75) is 36.3 Å². The number of benzene rings is 1. The molecule has 0 saturated carbocycles. The molecule has 0 atom stereocenters. The Balaban J connectivity index is 1.80. The number of halogens is 1. The molecule has 1 amide bonds. The van der Waals surface area contributed by atoms with E-state index in [9.17, 15) is 4.79 Å². The minimum atomic E-state index is 0.0464. The second kappa shape index (κ2) is 9.18. The first-order valence-electron chi connectivity index (χ1n) is 7.25. The monoisotopic (exact) mass is 354 g/mol. The number of thioether (sulfide) groups is 1. The van der Waals surface area contributed by atoms with Crippen molar-refractivity contribution < 1.29 is 4.79 Å². The van der Waals surface area contributed by atoms with Crippen molar-refractivity contribution in [3.8, 4) is 0 Å². The summed E-state index contributed by atoms with van der Waals surface area (Å²) in [5, 5.41) is 5.62. The van der Waals surface area contributed by atoms with Gasteiger partial charge in [0.15, 0.2) is 0 Å². The molecule has 0 aliphatic rings. The fourth-order valence-electron chi connectivity index (χ4n) is 1.84. The molecule has 0 radical (unpaired) electrons. The number of aromatic nitrogens is 1. The van der Waals surface area contributed by atoms with Crippen LogP contribution >= 0.6 is 34.7 Å². The van der Waals surface area contributed by atoms with Crippen LogP contribution in [0.25, 0.3) is 0 Å². The van der Waals surface area contributed by atoms with E-state index < -0.39 is 0 Å². The molecule has 2 aromatic rings. The van der Waals surface area contributed by atoms with Gasteiger partial charge >= 0.3 is 0 Å². The number of unbranched alkanes of at least 4 members (excludes halogenated alkanes) is 1. The molecule has 1 aromatic heterocycles. The fourth-order valence-corrected chi connectivity index (χ4v) is 3.84. The maximum Gasteiger partial charge on any atom is 0.226 e. The normalized spacial score (nSPS) is 10.6. The van der Waals surface area contributed by atoms with Crippen LogP contribution in [0.4, 0.5) is 0 Å². The van der Waals surface area contributed by atoms with Gasteiger partial charge in [-0.3, -0.25) is 4.79 Å². The van der Waals surface area contributed by atoms with Crippen molar-refractivity contribution in [2.75, 3.05) is 6.54 Å². The number of amides is 1. The second-order valence-corrected chi connectivity index (χ2v) is 7.42. The minimum Gasteiger partial charge on any atom is -0.356 e. The van der Waals surface area contributed by atoms with Gasteiger partial charge in [-0.2, -0.15) is 0 Å². The largest absolute Gasteiger partial charge is 0.356 e. The Morgan fingerprint density at radius 3 is 3.09 bits per heavy atom. The van der Waals surface area contributed by atoms with Crippen molar-refractivity contribution in [1.29, 1.82) is 0 Å². The number of hydrogen-bond acceptors (Lipinski definition) is 4. The highest BCUT2D eigenvalue weighted by Gasteiger charge is 2.08. The SMILES string of the molecule is CCCCNC(=O)Cc1csc(SCc2cccc(Cl)c2)n1. The zero-order valence-electron chi connectivity index (χ0n) is 12.5. The molecular formula is C16H19ClN2OS2. The fraction of sp³-hybridized carbons (Fsp3) is 0.375. The predicted octanol–water partition coefficient (Wildman–Crippen LogP) is 4.55. The molecule has 0 unspecified atom stereocenters. The van der Waals surface area contributed by atoms with E-state index in [0.29, 0.717) is 6.42 Å². The van der Waals surface area contributed by atoms with Crippen LogP contribution in [-0.4, -0.2) is 17.4 Å². The Morgan fingerprint density at radius 2 is 2.32 bits per heavy atom. The lowest BCUT2D eigenvalue weighted by molar-refractivity contribution is -0.120. The summed E-state index contributed by atoms with van der Waals surface area (Å²) in [4.78, 5) is 16.2. The van der Waals surface area contributed by atoms with Gasteiger partial charge in [0.2, 0.25) is 5.91 Å². The average Bonchev–Trinajstić information content (AvgIpc) is 2.93. The summed E-state index contributed by atoms with van der Waals surface area (Å²) in [6, 6.07) is 7.83. The molecule has 2 rings (SSSR count). The van der Waals surface area contributed by atoms with Crippen molar-refractivity contribution in [3.05, 3.63) is 45.9 Å². The van der Waals surface area contributed by atoms with E-state index >= 15 is 0 Å². The van der Waals surface area contributed by atoms with Gasteiger partial charge in [-0.25, -0.2) is 4.98 Å². The number of rotatable bonds is 8. The summed E-state index contributed by atoms with van der Waals surface area (Å²) in [6.07, 6.45) is 2.46. The molecule has 3 nitrogen and oxygen atoms in total. The van der Waals surface area contributed by atoms with Crippen LogP contribution in [0.2, 0.25) is 5.02 Å². The van der Waals surface area contributed by atoms with Crippen LogP contribution in [0.5, 0.6) is 0 Å². The average molecular weight is 355 g/mol. The molecule has 0 spiro atoms. The van der Waals surface area contributed by atoms with Gasteiger partial charge in [-0.1, -0.05) is 48.8 Å². The van der Waals surface area contributed by atoms with Crippen LogP contribution in [0.1, 0.15) is 31.0 Å². The van der Waals surface area contributed by atoms with E-state index in [1.807, 2.05) is 23.6 Å². The molecule has 0 saturated heterocycles. The highest BCUT2D eigenvalue weighted by molar-refractivity contribution is 8.00. The number of hydrogen-bond donors (Lipinski definition) is 1. The summed E-state index contributed by atoms with van der Waals surface area (Å²) in [5.74, 6) is 0.876. The van der Waals surface area contributed by atoms with Gasteiger partial charge in [0, 0.05) is 22.7 Å². The minimum absolute atomic E-state index is 0.0464. The zero-order valence-corrected chi connectivity index (χ0v) is 14.9. The highest BCUT2D eigenvalue weighted by atomic mass is 35.5. The molecule has 0 bridgehead atoms. The lowest BCUT2D eigenvalue weighted by atomic mass is 10.2. The Kier molecular flexibility index (Phi) is 7.22. The van der Waals surface area contributed by atoms with E-state index in [0.717, 1.165) is 40.2 Å². The van der Waals surface area contributed by atoms with Crippen LogP contribution in [0.3, 0.4) is 0 Å². The summed E-state index contributed by atoms with van der Waals surface area (Å²) in [7, 11) is 0. The second-order valence-electron chi connectivity index (χ2n) is 4.90. The van der Waals surface area contributed by atoms with Gasteiger partial charge < -0.3 is 5.32 Å². The van der Waals surface area contributed by atoms with Crippen LogP contribution in [-0.2, 0) is 17.0 Å². The smallest absolute Gasteiger partial charge is 0.226 e. The number of carbonyl (C=O) groups is 1. The molecule has 0 fully saturated rings.